The highest BCUT2D eigenvalue weighted by atomic mass is 16.5. The molecule has 1 heterocycles. The van der Waals surface area contributed by atoms with Gasteiger partial charge in [-0.05, 0) is 13.3 Å². The number of carbonyl (C=O) groups is 1. The molecule has 1 amide bonds. The molecule has 0 aromatic carbocycles. The third kappa shape index (κ3) is 8.19. The zero-order chi connectivity index (χ0) is 16.2. The normalized spacial score (nSPS) is 16.4. The summed E-state index contributed by atoms with van der Waals surface area (Å²) in [6.07, 6.45) is 1.51. The number of hydrogen-bond donors (Lipinski definition) is 2. The number of ether oxygens (including phenoxy) is 1. The standard InChI is InChI=1S/C15H31N5O2/c1-4-16-15(18-8-6-14(21)19(2)3)17-7-5-9-20-10-12-22-13-11-20/h4-13H2,1-3H3,(H2,16,17,18). The Balaban J connectivity index is 2.21. The minimum absolute atomic E-state index is 0.121. The fourth-order valence-corrected chi connectivity index (χ4v) is 2.16. The van der Waals surface area contributed by atoms with E-state index >= 15 is 0 Å². The number of amides is 1. The van der Waals surface area contributed by atoms with E-state index in [4.69, 9.17) is 4.74 Å². The number of guanidine groups is 1. The zero-order valence-electron chi connectivity index (χ0n) is 14.2. The number of nitrogens with zero attached hydrogens (tertiary/aromatic N) is 3. The van der Waals surface area contributed by atoms with E-state index in [-0.39, 0.29) is 5.91 Å². The first kappa shape index (κ1) is 18.7. The summed E-state index contributed by atoms with van der Waals surface area (Å²) in [4.78, 5) is 20.1. The van der Waals surface area contributed by atoms with E-state index < -0.39 is 0 Å². The average Bonchev–Trinajstić information content (AvgIpc) is 2.52. The Morgan fingerprint density at radius 2 is 2.00 bits per heavy atom. The second-order valence-corrected chi connectivity index (χ2v) is 5.53. The summed E-state index contributed by atoms with van der Waals surface area (Å²) in [5.74, 6) is 0.909. The van der Waals surface area contributed by atoms with Gasteiger partial charge in [0.2, 0.25) is 5.91 Å². The quantitative estimate of drug-likeness (QED) is 0.367. The molecule has 1 aliphatic heterocycles. The molecule has 1 rings (SSSR count). The first-order chi connectivity index (χ1) is 10.6. The van der Waals surface area contributed by atoms with Crippen molar-refractivity contribution in [1.82, 2.24) is 20.4 Å². The zero-order valence-corrected chi connectivity index (χ0v) is 14.2. The number of nitrogens with one attached hydrogen (secondary N) is 2. The van der Waals surface area contributed by atoms with Gasteiger partial charge in [-0.15, -0.1) is 0 Å². The van der Waals surface area contributed by atoms with Crippen molar-refractivity contribution < 1.29 is 9.53 Å². The molecule has 0 unspecified atom stereocenters. The molecule has 0 aromatic rings. The minimum atomic E-state index is 0.121. The summed E-state index contributed by atoms with van der Waals surface area (Å²) < 4.78 is 5.34. The first-order valence-electron chi connectivity index (χ1n) is 8.16. The monoisotopic (exact) mass is 313 g/mol. The van der Waals surface area contributed by atoms with Gasteiger partial charge in [0.15, 0.2) is 5.96 Å². The molecule has 0 aliphatic carbocycles. The van der Waals surface area contributed by atoms with Gasteiger partial charge in [-0.3, -0.25) is 14.7 Å². The fraction of sp³-hybridized carbons (Fsp3) is 0.867. The Labute approximate surface area is 134 Å². The summed E-state index contributed by atoms with van der Waals surface area (Å²) >= 11 is 0. The van der Waals surface area contributed by atoms with Crippen LogP contribution in [0.25, 0.3) is 0 Å². The van der Waals surface area contributed by atoms with Gasteiger partial charge < -0.3 is 20.3 Å². The van der Waals surface area contributed by atoms with E-state index in [1.165, 1.54) is 0 Å². The summed E-state index contributed by atoms with van der Waals surface area (Å²) in [5, 5.41) is 6.41. The number of aliphatic imine (C=N–C) groups is 1. The molecule has 0 atom stereocenters. The van der Waals surface area contributed by atoms with Crippen molar-refractivity contribution in [3.05, 3.63) is 0 Å². The largest absolute Gasteiger partial charge is 0.379 e. The molecule has 1 aliphatic rings. The predicted molar refractivity (Wildman–Crippen MR) is 89.2 cm³/mol. The molecule has 1 fully saturated rings. The van der Waals surface area contributed by atoms with Crippen molar-refractivity contribution in [2.45, 2.75) is 19.8 Å². The molecular formula is C15H31N5O2. The van der Waals surface area contributed by atoms with Crippen LogP contribution in [0.5, 0.6) is 0 Å². The number of carbonyl (C=O) groups excluding carboxylic acids is 1. The summed E-state index contributed by atoms with van der Waals surface area (Å²) in [6.45, 7) is 9.03. The molecular weight excluding hydrogens is 282 g/mol. The molecule has 22 heavy (non-hydrogen) atoms. The lowest BCUT2D eigenvalue weighted by atomic mass is 10.3. The van der Waals surface area contributed by atoms with Gasteiger partial charge in [0.25, 0.3) is 0 Å². The molecule has 0 saturated carbocycles. The molecule has 7 nitrogen and oxygen atoms in total. The van der Waals surface area contributed by atoms with Crippen molar-refractivity contribution in [3.8, 4) is 0 Å². The van der Waals surface area contributed by atoms with Gasteiger partial charge in [-0.25, -0.2) is 0 Å². The fourth-order valence-electron chi connectivity index (χ4n) is 2.16. The lowest BCUT2D eigenvalue weighted by Crippen LogP contribution is -2.39. The van der Waals surface area contributed by atoms with Crippen LogP contribution in [0, 0.1) is 0 Å². The molecule has 0 aromatic heterocycles. The predicted octanol–water partition coefficient (Wildman–Crippen LogP) is -0.258. The molecule has 0 bridgehead atoms. The summed E-state index contributed by atoms with van der Waals surface area (Å²) in [7, 11) is 3.54. The second kappa shape index (κ2) is 11.3. The molecule has 0 radical (unpaired) electrons. The Morgan fingerprint density at radius 3 is 2.64 bits per heavy atom. The van der Waals surface area contributed by atoms with Gasteiger partial charge in [0, 0.05) is 59.8 Å². The van der Waals surface area contributed by atoms with Gasteiger partial charge >= 0.3 is 0 Å². The number of rotatable bonds is 8. The van der Waals surface area contributed by atoms with Crippen molar-refractivity contribution in [2.24, 2.45) is 4.99 Å². The number of hydrogen-bond acceptors (Lipinski definition) is 4. The van der Waals surface area contributed by atoms with Crippen molar-refractivity contribution in [1.29, 1.82) is 0 Å². The van der Waals surface area contributed by atoms with E-state index in [9.17, 15) is 4.79 Å². The van der Waals surface area contributed by atoms with E-state index in [1.54, 1.807) is 19.0 Å². The van der Waals surface area contributed by atoms with Crippen LogP contribution in [-0.4, -0.2) is 88.2 Å². The molecule has 7 heteroatoms. The Hall–Kier alpha value is -1.34. The number of morpholine rings is 1. The van der Waals surface area contributed by atoms with Crippen LogP contribution in [0.2, 0.25) is 0 Å². The Kier molecular flexibility index (Phi) is 9.57. The van der Waals surface area contributed by atoms with Crippen LogP contribution in [0.1, 0.15) is 19.8 Å². The summed E-state index contributed by atoms with van der Waals surface area (Å²) in [6, 6.07) is 0. The van der Waals surface area contributed by atoms with Gasteiger partial charge in [0.1, 0.15) is 0 Å². The molecule has 1 saturated heterocycles. The van der Waals surface area contributed by atoms with Crippen LogP contribution < -0.4 is 10.6 Å². The molecule has 0 spiro atoms. The van der Waals surface area contributed by atoms with E-state index in [0.717, 1.165) is 58.3 Å². The third-order valence-corrected chi connectivity index (χ3v) is 3.48. The highest BCUT2D eigenvalue weighted by molar-refractivity contribution is 5.81. The first-order valence-corrected chi connectivity index (χ1v) is 8.16. The average molecular weight is 313 g/mol. The van der Waals surface area contributed by atoms with E-state index in [2.05, 4.69) is 20.5 Å². The molecule has 128 valence electrons. The SMILES string of the molecule is CCNC(=NCCCN1CCOCC1)NCCC(=O)N(C)C. The van der Waals surface area contributed by atoms with Crippen LogP contribution in [0.15, 0.2) is 4.99 Å². The topological polar surface area (TPSA) is 69.2 Å². The van der Waals surface area contributed by atoms with Crippen LogP contribution in [0.3, 0.4) is 0 Å². The van der Waals surface area contributed by atoms with E-state index in [0.29, 0.717) is 13.0 Å². The lowest BCUT2D eigenvalue weighted by molar-refractivity contribution is -0.128. The maximum Gasteiger partial charge on any atom is 0.223 e. The maximum absolute atomic E-state index is 11.5. The van der Waals surface area contributed by atoms with Crippen molar-refractivity contribution >= 4 is 11.9 Å². The maximum atomic E-state index is 11.5. The Morgan fingerprint density at radius 1 is 1.27 bits per heavy atom. The Bertz CT molecular complexity index is 341. The van der Waals surface area contributed by atoms with Crippen molar-refractivity contribution in [3.63, 3.8) is 0 Å². The van der Waals surface area contributed by atoms with Crippen LogP contribution in [0.4, 0.5) is 0 Å². The van der Waals surface area contributed by atoms with Crippen LogP contribution >= 0.6 is 0 Å². The second-order valence-electron chi connectivity index (χ2n) is 5.53. The van der Waals surface area contributed by atoms with Gasteiger partial charge in [-0.2, -0.15) is 0 Å². The smallest absolute Gasteiger partial charge is 0.223 e. The minimum Gasteiger partial charge on any atom is -0.379 e. The molecule has 2 N–H and O–H groups in total. The third-order valence-electron chi connectivity index (χ3n) is 3.48. The highest BCUT2D eigenvalue weighted by Crippen LogP contribution is 1.98. The lowest BCUT2D eigenvalue weighted by Gasteiger charge is -2.26. The van der Waals surface area contributed by atoms with Gasteiger partial charge in [-0.1, -0.05) is 0 Å². The van der Waals surface area contributed by atoms with Crippen LogP contribution in [-0.2, 0) is 9.53 Å². The van der Waals surface area contributed by atoms with Gasteiger partial charge in [0.05, 0.1) is 13.2 Å². The van der Waals surface area contributed by atoms with E-state index in [1.807, 2.05) is 6.92 Å². The highest BCUT2D eigenvalue weighted by Gasteiger charge is 2.09. The summed E-state index contributed by atoms with van der Waals surface area (Å²) in [5.41, 5.74) is 0. The van der Waals surface area contributed by atoms with Crippen molar-refractivity contribution in [2.75, 3.05) is 66.6 Å².